The lowest BCUT2D eigenvalue weighted by molar-refractivity contribution is -0.153. The third-order valence-electron chi connectivity index (χ3n) is 4.86. The predicted molar refractivity (Wildman–Crippen MR) is 125 cm³/mol. The summed E-state index contributed by atoms with van der Waals surface area (Å²) in [6, 6.07) is 6.43. The van der Waals surface area contributed by atoms with Gasteiger partial charge in [-0.1, -0.05) is 12.1 Å². The quantitative estimate of drug-likeness (QED) is 0.188. The minimum Gasteiger partial charge on any atom is -0.484 e. The largest absolute Gasteiger partial charge is 0.484 e. The van der Waals surface area contributed by atoms with Crippen molar-refractivity contribution >= 4 is 35.8 Å². The average molecular weight is 557 g/mol. The Balaban J connectivity index is 0.00000480. The van der Waals surface area contributed by atoms with Crippen LogP contribution in [0.1, 0.15) is 24.8 Å². The molecule has 1 aliphatic rings. The molecule has 0 spiro atoms. The van der Waals surface area contributed by atoms with Gasteiger partial charge in [0.1, 0.15) is 5.75 Å². The zero-order chi connectivity index (χ0) is 22.0. The molecule has 1 amide bonds. The third-order valence-corrected chi connectivity index (χ3v) is 4.86. The molecule has 4 N–H and O–H groups in total. The average Bonchev–Trinajstić information content (AvgIpc) is 2.72. The van der Waals surface area contributed by atoms with Gasteiger partial charge in [-0.15, -0.1) is 24.0 Å². The van der Waals surface area contributed by atoms with E-state index in [1.807, 2.05) is 0 Å². The molecule has 1 heterocycles. The van der Waals surface area contributed by atoms with Gasteiger partial charge < -0.3 is 26.0 Å². The normalized spacial score (nSPS) is 17.5. The summed E-state index contributed by atoms with van der Waals surface area (Å²) in [6.45, 7) is 2.49. The molecule has 2 rings (SSSR count). The lowest BCUT2D eigenvalue weighted by Gasteiger charge is -2.31. The monoisotopic (exact) mass is 557 g/mol. The van der Waals surface area contributed by atoms with Crippen molar-refractivity contribution in [2.24, 2.45) is 16.6 Å². The lowest BCUT2D eigenvalue weighted by atomic mass is 9.97. The number of halogens is 4. The van der Waals surface area contributed by atoms with Crippen LogP contribution in [0.4, 0.5) is 13.2 Å². The smallest absolute Gasteiger partial charge is 0.422 e. The number of carbonyl (C=O) groups is 1. The van der Waals surface area contributed by atoms with Crippen LogP contribution < -0.4 is 21.1 Å². The molecule has 0 aromatic heterocycles. The summed E-state index contributed by atoms with van der Waals surface area (Å²) >= 11 is 0. The minimum absolute atomic E-state index is 0. The highest BCUT2D eigenvalue weighted by Crippen LogP contribution is 2.19. The van der Waals surface area contributed by atoms with E-state index in [1.54, 1.807) is 19.2 Å². The molecular weight excluding hydrogens is 526 g/mol. The molecule has 176 valence electrons. The molecule has 0 radical (unpaired) electrons. The second kappa shape index (κ2) is 13.6. The number of benzene rings is 1. The van der Waals surface area contributed by atoms with E-state index in [9.17, 15) is 18.0 Å². The van der Waals surface area contributed by atoms with E-state index in [0.717, 1.165) is 51.0 Å². The van der Waals surface area contributed by atoms with Crippen molar-refractivity contribution in [3.05, 3.63) is 29.8 Å². The van der Waals surface area contributed by atoms with Gasteiger partial charge in [0.25, 0.3) is 0 Å². The van der Waals surface area contributed by atoms with E-state index < -0.39 is 12.8 Å². The van der Waals surface area contributed by atoms with E-state index in [2.05, 4.69) is 20.5 Å². The summed E-state index contributed by atoms with van der Waals surface area (Å²) in [4.78, 5) is 17.8. The molecule has 0 aliphatic carbocycles. The number of carbonyl (C=O) groups excluding carboxylic acids is 1. The van der Waals surface area contributed by atoms with E-state index >= 15 is 0 Å². The van der Waals surface area contributed by atoms with Crippen LogP contribution >= 0.6 is 24.0 Å². The third kappa shape index (κ3) is 10.9. The lowest BCUT2D eigenvalue weighted by Crippen LogP contribution is -2.42. The fraction of sp³-hybridized carbons (Fsp3) is 0.600. The fourth-order valence-corrected chi connectivity index (χ4v) is 3.28. The predicted octanol–water partition coefficient (Wildman–Crippen LogP) is 2.50. The molecule has 7 nitrogen and oxygen atoms in total. The van der Waals surface area contributed by atoms with E-state index in [1.165, 1.54) is 12.1 Å². The molecule has 1 saturated heterocycles. The molecular formula is C20H31F3IN5O2. The highest BCUT2D eigenvalue weighted by molar-refractivity contribution is 14.0. The van der Waals surface area contributed by atoms with Gasteiger partial charge in [0, 0.05) is 26.7 Å². The topological polar surface area (TPSA) is 92.0 Å². The zero-order valence-electron chi connectivity index (χ0n) is 17.6. The maximum absolute atomic E-state index is 12.2. The Kier molecular flexibility index (Phi) is 12.0. The number of hydrogen-bond acceptors (Lipinski definition) is 4. The van der Waals surface area contributed by atoms with Gasteiger partial charge in [0.2, 0.25) is 5.91 Å². The molecule has 1 aliphatic heterocycles. The van der Waals surface area contributed by atoms with Crippen molar-refractivity contribution in [2.75, 3.05) is 39.8 Å². The van der Waals surface area contributed by atoms with Gasteiger partial charge in [0.05, 0.1) is 5.92 Å². The Morgan fingerprint density at radius 2 is 2.00 bits per heavy atom. The molecule has 31 heavy (non-hydrogen) atoms. The van der Waals surface area contributed by atoms with Gasteiger partial charge in [-0.3, -0.25) is 9.79 Å². The number of nitrogens with two attached hydrogens (primary N) is 1. The summed E-state index contributed by atoms with van der Waals surface area (Å²) < 4.78 is 41.2. The van der Waals surface area contributed by atoms with Crippen molar-refractivity contribution < 1.29 is 22.7 Å². The Morgan fingerprint density at radius 1 is 1.29 bits per heavy atom. The Morgan fingerprint density at radius 3 is 2.61 bits per heavy atom. The van der Waals surface area contributed by atoms with Crippen LogP contribution in [0.5, 0.6) is 5.75 Å². The molecule has 11 heteroatoms. The maximum Gasteiger partial charge on any atom is 0.422 e. The number of hydrogen-bond donors (Lipinski definition) is 3. The van der Waals surface area contributed by atoms with Crippen LogP contribution in [0.25, 0.3) is 0 Å². The van der Waals surface area contributed by atoms with Crippen molar-refractivity contribution in [2.45, 2.75) is 32.0 Å². The highest BCUT2D eigenvalue weighted by Gasteiger charge is 2.28. The van der Waals surface area contributed by atoms with Crippen molar-refractivity contribution in [3.63, 3.8) is 0 Å². The Labute approximate surface area is 198 Å². The number of ether oxygens (including phenoxy) is 1. The Bertz CT molecular complexity index is 701. The number of alkyl halides is 3. The minimum atomic E-state index is -4.35. The zero-order valence-corrected chi connectivity index (χ0v) is 19.9. The van der Waals surface area contributed by atoms with E-state index in [4.69, 9.17) is 10.5 Å². The molecule has 1 aromatic carbocycles. The summed E-state index contributed by atoms with van der Waals surface area (Å²) in [6.07, 6.45) is -1.59. The number of aliphatic imine (C=N–C) groups is 1. The second-order valence-electron chi connectivity index (χ2n) is 7.30. The van der Waals surface area contributed by atoms with E-state index in [-0.39, 0.29) is 41.6 Å². The Hall–Kier alpha value is -1.76. The number of piperidine rings is 1. The molecule has 0 saturated carbocycles. The first-order valence-electron chi connectivity index (χ1n) is 10.0. The van der Waals surface area contributed by atoms with Crippen LogP contribution in [-0.4, -0.2) is 62.8 Å². The molecule has 1 atom stereocenters. The van der Waals surface area contributed by atoms with Crippen molar-refractivity contribution in [1.82, 2.24) is 15.5 Å². The van der Waals surface area contributed by atoms with Gasteiger partial charge in [-0.25, -0.2) is 0 Å². The van der Waals surface area contributed by atoms with Gasteiger partial charge >= 0.3 is 6.18 Å². The molecule has 0 bridgehead atoms. The number of rotatable bonds is 9. The van der Waals surface area contributed by atoms with Crippen LogP contribution in [0.3, 0.4) is 0 Å². The van der Waals surface area contributed by atoms with E-state index in [0.29, 0.717) is 12.5 Å². The number of guanidine groups is 1. The first-order chi connectivity index (χ1) is 14.3. The molecule has 1 unspecified atom stereocenters. The first-order valence-corrected chi connectivity index (χ1v) is 10.0. The number of likely N-dealkylation sites (tertiary alicyclic amines) is 1. The highest BCUT2D eigenvalue weighted by atomic mass is 127. The molecule has 1 aromatic rings. The summed E-state index contributed by atoms with van der Waals surface area (Å²) in [5.74, 6) is 0.546. The van der Waals surface area contributed by atoms with Crippen LogP contribution in [0.15, 0.2) is 29.3 Å². The second-order valence-corrected chi connectivity index (χ2v) is 7.30. The van der Waals surface area contributed by atoms with Crippen LogP contribution in [0.2, 0.25) is 0 Å². The van der Waals surface area contributed by atoms with Crippen molar-refractivity contribution in [3.8, 4) is 5.75 Å². The SMILES string of the molecule is CN=C(NCCCN1CCCC(C(N)=O)C1)NCc1ccc(OCC(F)(F)F)cc1.I. The summed E-state index contributed by atoms with van der Waals surface area (Å²) in [5.41, 5.74) is 6.30. The van der Waals surface area contributed by atoms with Crippen LogP contribution in [-0.2, 0) is 11.3 Å². The first kappa shape index (κ1) is 27.3. The standard InChI is InChI=1S/C20H30F3N5O2.HI/c1-25-19(26-9-3-11-28-10-2-4-16(13-28)18(24)29)27-12-15-5-7-17(8-6-15)30-14-20(21,22)23;/h5-8,16H,2-4,9-14H2,1H3,(H2,24,29)(H2,25,26,27);1H. The summed E-state index contributed by atoms with van der Waals surface area (Å²) in [5, 5.41) is 6.40. The number of nitrogens with zero attached hydrogens (tertiary/aromatic N) is 2. The van der Waals surface area contributed by atoms with Gasteiger partial charge in [-0.05, 0) is 50.0 Å². The molecule has 1 fully saturated rings. The van der Waals surface area contributed by atoms with Crippen LogP contribution in [0, 0.1) is 5.92 Å². The number of primary amides is 1. The van der Waals surface area contributed by atoms with Gasteiger partial charge in [-0.2, -0.15) is 13.2 Å². The maximum atomic E-state index is 12.2. The fourth-order valence-electron chi connectivity index (χ4n) is 3.28. The summed E-state index contributed by atoms with van der Waals surface area (Å²) in [7, 11) is 1.67. The van der Waals surface area contributed by atoms with Gasteiger partial charge in [0.15, 0.2) is 12.6 Å². The van der Waals surface area contributed by atoms with Crippen molar-refractivity contribution in [1.29, 1.82) is 0 Å². The number of nitrogens with one attached hydrogen (secondary N) is 2. The number of amides is 1.